The Labute approximate surface area is 160 Å². The van der Waals surface area contributed by atoms with Crippen LogP contribution in [0, 0.1) is 18.3 Å². The summed E-state index contributed by atoms with van der Waals surface area (Å²) in [4.78, 5) is 0. The van der Waals surface area contributed by atoms with Crippen LogP contribution in [0.1, 0.15) is 17.5 Å². The van der Waals surface area contributed by atoms with Crippen molar-refractivity contribution < 1.29 is 4.74 Å². The van der Waals surface area contributed by atoms with Gasteiger partial charge >= 0.3 is 0 Å². The van der Waals surface area contributed by atoms with Gasteiger partial charge in [-0.3, -0.25) is 4.68 Å². The van der Waals surface area contributed by atoms with E-state index < -0.39 is 0 Å². The highest BCUT2D eigenvalue weighted by Crippen LogP contribution is 2.22. The summed E-state index contributed by atoms with van der Waals surface area (Å²) in [7, 11) is 0. The van der Waals surface area contributed by atoms with Gasteiger partial charge in [-0.05, 0) is 24.6 Å². The molecule has 2 aromatic carbocycles. The number of aryl methyl sites for hydroxylation is 2. The van der Waals surface area contributed by atoms with Gasteiger partial charge in [0.1, 0.15) is 12.4 Å². The standard InChI is InChI=1S/C22H24N4O/c1-18-7-5-10-21(15-18)27-14-12-24-16-20-17-26(13-6-11-23)25-22(20)19-8-3-2-4-9-19/h2-5,7-10,15,17,24H,6,12-14,16H2,1H3. The molecule has 5 heteroatoms. The molecule has 27 heavy (non-hydrogen) atoms. The summed E-state index contributed by atoms with van der Waals surface area (Å²) in [6.07, 6.45) is 2.47. The van der Waals surface area contributed by atoms with Gasteiger partial charge < -0.3 is 10.1 Å². The van der Waals surface area contributed by atoms with Crippen LogP contribution in [0.4, 0.5) is 0 Å². The fourth-order valence-electron chi connectivity index (χ4n) is 2.88. The molecule has 0 aliphatic carbocycles. The SMILES string of the molecule is Cc1cccc(OCCNCc2cn(CCC#N)nc2-c2ccccc2)c1. The van der Waals surface area contributed by atoms with Crippen molar-refractivity contribution in [3.8, 4) is 23.1 Å². The van der Waals surface area contributed by atoms with Gasteiger partial charge in [0.05, 0.1) is 24.7 Å². The highest BCUT2D eigenvalue weighted by Gasteiger charge is 2.10. The Hall–Kier alpha value is -3.10. The van der Waals surface area contributed by atoms with Gasteiger partial charge in [0, 0.05) is 30.4 Å². The van der Waals surface area contributed by atoms with Crippen LogP contribution in [-0.2, 0) is 13.1 Å². The molecule has 3 aromatic rings. The molecule has 0 saturated heterocycles. The molecular weight excluding hydrogens is 336 g/mol. The van der Waals surface area contributed by atoms with Crippen LogP contribution in [0.2, 0.25) is 0 Å². The molecule has 0 amide bonds. The number of nitrogens with zero attached hydrogens (tertiary/aromatic N) is 3. The zero-order valence-corrected chi connectivity index (χ0v) is 15.6. The zero-order chi connectivity index (χ0) is 18.9. The first kappa shape index (κ1) is 18.7. The average Bonchev–Trinajstić information content (AvgIpc) is 3.10. The van der Waals surface area contributed by atoms with Crippen molar-refractivity contribution in [1.29, 1.82) is 5.26 Å². The van der Waals surface area contributed by atoms with Crippen LogP contribution < -0.4 is 10.1 Å². The van der Waals surface area contributed by atoms with E-state index in [0.29, 0.717) is 26.1 Å². The molecule has 0 aliphatic rings. The van der Waals surface area contributed by atoms with E-state index in [4.69, 9.17) is 10.00 Å². The predicted octanol–water partition coefficient (Wildman–Crippen LogP) is 3.94. The van der Waals surface area contributed by atoms with E-state index in [1.165, 1.54) is 5.56 Å². The van der Waals surface area contributed by atoms with E-state index >= 15 is 0 Å². The van der Waals surface area contributed by atoms with Crippen molar-refractivity contribution in [3.05, 3.63) is 71.9 Å². The Kier molecular flexibility index (Phi) is 6.61. The van der Waals surface area contributed by atoms with E-state index in [1.54, 1.807) is 0 Å². The lowest BCUT2D eigenvalue weighted by Crippen LogP contribution is -2.20. The van der Waals surface area contributed by atoms with Crippen LogP contribution in [-0.4, -0.2) is 22.9 Å². The first-order chi connectivity index (χ1) is 13.3. The van der Waals surface area contributed by atoms with Crippen LogP contribution in [0.5, 0.6) is 5.75 Å². The van der Waals surface area contributed by atoms with Gasteiger partial charge in [-0.25, -0.2) is 0 Å². The molecule has 0 unspecified atom stereocenters. The Balaban J connectivity index is 1.58. The normalized spacial score (nSPS) is 10.5. The van der Waals surface area contributed by atoms with Crippen molar-refractivity contribution >= 4 is 0 Å². The van der Waals surface area contributed by atoms with Crippen LogP contribution >= 0.6 is 0 Å². The van der Waals surface area contributed by atoms with E-state index in [0.717, 1.165) is 29.1 Å². The minimum atomic E-state index is 0.451. The Bertz CT molecular complexity index is 896. The fourth-order valence-corrected chi connectivity index (χ4v) is 2.88. The second kappa shape index (κ2) is 9.56. The molecule has 0 saturated carbocycles. The zero-order valence-electron chi connectivity index (χ0n) is 15.6. The predicted molar refractivity (Wildman–Crippen MR) is 106 cm³/mol. The maximum Gasteiger partial charge on any atom is 0.119 e. The Morgan fingerprint density at radius 2 is 2.00 bits per heavy atom. The third-order valence-electron chi connectivity index (χ3n) is 4.19. The molecule has 0 bridgehead atoms. The maximum atomic E-state index is 8.81. The molecule has 1 aromatic heterocycles. The number of nitrogens with one attached hydrogen (secondary N) is 1. The highest BCUT2D eigenvalue weighted by atomic mass is 16.5. The van der Waals surface area contributed by atoms with Crippen molar-refractivity contribution in [2.75, 3.05) is 13.2 Å². The molecule has 0 atom stereocenters. The summed E-state index contributed by atoms with van der Waals surface area (Å²) in [5, 5.41) is 16.9. The minimum absolute atomic E-state index is 0.451. The van der Waals surface area contributed by atoms with Gasteiger partial charge in [0.2, 0.25) is 0 Å². The molecule has 0 radical (unpaired) electrons. The van der Waals surface area contributed by atoms with Crippen LogP contribution in [0.3, 0.4) is 0 Å². The van der Waals surface area contributed by atoms with E-state index in [9.17, 15) is 0 Å². The van der Waals surface area contributed by atoms with Gasteiger partial charge in [-0.1, -0.05) is 42.5 Å². The summed E-state index contributed by atoms with van der Waals surface area (Å²) in [6, 6.07) is 20.4. The van der Waals surface area contributed by atoms with Gasteiger partial charge in [0.15, 0.2) is 0 Å². The summed E-state index contributed by atoms with van der Waals surface area (Å²) < 4.78 is 7.63. The first-order valence-corrected chi connectivity index (χ1v) is 9.15. The van der Waals surface area contributed by atoms with Crippen molar-refractivity contribution in [2.45, 2.75) is 26.4 Å². The smallest absolute Gasteiger partial charge is 0.119 e. The number of hydrogen-bond donors (Lipinski definition) is 1. The number of aromatic nitrogens is 2. The van der Waals surface area contributed by atoms with Crippen LogP contribution in [0.15, 0.2) is 60.8 Å². The number of ether oxygens (including phenoxy) is 1. The lowest BCUT2D eigenvalue weighted by molar-refractivity contribution is 0.313. The van der Waals surface area contributed by atoms with Crippen molar-refractivity contribution in [3.63, 3.8) is 0 Å². The van der Waals surface area contributed by atoms with Gasteiger partial charge in [-0.2, -0.15) is 10.4 Å². The summed E-state index contributed by atoms with van der Waals surface area (Å²) in [6.45, 7) is 4.71. The molecule has 1 heterocycles. The summed E-state index contributed by atoms with van der Waals surface area (Å²) >= 11 is 0. The fraction of sp³-hybridized carbons (Fsp3) is 0.273. The Morgan fingerprint density at radius 1 is 1.15 bits per heavy atom. The molecular formula is C22H24N4O. The molecule has 0 spiro atoms. The molecule has 3 rings (SSSR count). The lowest BCUT2D eigenvalue weighted by Gasteiger charge is -2.08. The van der Waals surface area contributed by atoms with Gasteiger partial charge in [-0.15, -0.1) is 0 Å². The number of nitriles is 1. The monoisotopic (exact) mass is 360 g/mol. The molecule has 0 aliphatic heterocycles. The van der Waals surface area contributed by atoms with Crippen molar-refractivity contribution in [2.24, 2.45) is 0 Å². The molecule has 138 valence electrons. The third-order valence-corrected chi connectivity index (χ3v) is 4.19. The second-order valence-electron chi connectivity index (χ2n) is 6.38. The maximum absolute atomic E-state index is 8.81. The van der Waals surface area contributed by atoms with Crippen molar-refractivity contribution in [1.82, 2.24) is 15.1 Å². The molecule has 0 fully saturated rings. The topological polar surface area (TPSA) is 62.9 Å². The molecule has 5 nitrogen and oxygen atoms in total. The highest BCUT2D eigenvalue weighted by molar-refractivity contribution is 5.62. The first-order valence-electron chi connectivity index (χ1n) is 9.15. The minimum Gasteiger partial charge on any atom is -0.492 e. The second-order valence-corrected chi connectivity index (χ2v) is 6.38. The largest absolute Gasteiger partial charge is 0.492 e. The van der Waals surface area contributed by atoms with E-state index in [-0.39, 0.29) is 0 Å². The quantitative estimate of drug-likeness (QED) is 0.587. The Morgan fingerprint density at radius 3 is 2.78 bits per heavy atom. The van der Waals surface area contributed by atoms with E-state index in [2.05, 4.69) is 41.6 Å². The number of rotatable bonds is 9. The lowest BCUT2D eigenvalue weighted by atomic mass is 10.1. The summed E-state index contributed by atoms with van der Waals surface area (Å²) in [5.41, 5.74) is 4.36. The third kappa shape index (κ3) is 5.44. The van der Waals surface area contributed by atoms with Gasteiger partial charge in [0.25, 0.3) is 0 Å². The number of hydrogen-bond acceptors (Lipinski definition) is 4. The number of benzene rings is 2. The average molecular weight is 360 g/mol. The molecule has 1 N–H and O–H groups in total. The van der Waals surface area contributed by atoms with E-state index in [1.807, 2.05) is 47.3 Å². The van der Waals surface area contributed by atoms with Crippen LogP contribution in [0.25, 0.3) is 11.3 Å². The summed E-state index contributed by atoms with van der Waals surface area (Å²) in [5.74, 6) is 0.895.